The van der Waals surface area contributed by atoms with E-state index in [0.717, 1.165) is 53.1 Å². The van der Waals surface area contributed by atoms with Crippen LogP contribution in [0.2, 0.25) is 5.02 Å². The molecule has 0 spiro atoms. The molecular weight excluding hydrogens is 468 g/mol. The van der Waals surface area contributed by atoms with Crippen LogP contribution in [0, 0.1) is 5.92 Å². The number of primary amides is 1. The number of anilines is 2. The third kappa shape index (κ3) is 5.37. The van der Waals surface area contributed by atoms with E-state index in [2.05, 4.69) is 29.5 Å². The standard InChI is InChI=1S/C26H31ClN4O2S/c1-3-22-19(13-14-31(2)15-16-7-6-8-16)23(24(28)32)25(34-22)30-26(33)29-21-12-11-20(27)17-9-4-5-10-18(17)21/h4-5,9-12,16H,3,6-8,13-15H2,1-2H3,(H2,28,32)(H2,29,30,33). The van der Waals surface area contributed by atoms with Crippen LogP contribution in [0.15, 0.2) is 36.4 Å². The fourth-order valence-electron chi connectivity index (χ4n) is 4.55. The highest BCUT2D eigenvalue weighted by Gasteiger charge is 2.24. The van der Waals surface area contributed by atoms with Crippen LogP contribution >= 0.6 is 22.9 Å². The van der Waals surface area contributed by atoms with Crippen molar-refractivity contribution >= 4 is 56.3 Å². The van der Waals surface area contributed by atoms with Crippen molar-refractivity contribution in [2.75, 3.05) is 30.8 Å². The summed E-state index contributed by atoms with van der Waals surface area (Å²) in [6, 6.07) is 10.7. The number of carbonyl (C=O) groups is 2. The summed E-state index contributed by atoms with van der Waals surface area (Å²) in [5.41, 5.74) is 7.81. The molecule has 8 heteroatoms. The summed E-state index contributed by atoms with van der Waals surface area (Å²) in [7, 11) is 2.13. The lowest BCUT2D eigenvalue weighted by Crippen LogP contribution is -2.31. The molecule has 34 heavy (non-hydrogen) atoms. The van der Waals surface area contributed by atoms with Crippen molar-refractivity contribution in [1.82, 2.24) is 4.90 Å². The van der Waals surface area contributed by atoms with E-state index in [9.17, 15) is 9.59 Å². The minimum absolute atomic E-state index is 0.424. The summed E-state index contributed by atoms with van der Waals surface area (Å²) in [5, 5.41) is 8.59. The highest BCUT2D eigenvalue weighted by molar-refractivity contribution is 7.17. The van der Waals surface area contributed by atoms with Crippen LogP contribution in [0.3, 0.4) is 0 Å². The van der Waals surface area contributed by atoms with Crippen molar-refractivity contribution in [2.24, 2.45) is 11.7 Å². The van der Waals surface area contributed by atoms with Crippen LogP contribution in [0.4, 0.5) is 15.5 Å². The monoisotopic (exact) mass is 498 g/mol. The molecule has 0 atom stereocenters. The zero-order valence-electron chi connectivity index (χ0n) is 19.6. The summed E-state index contributed by atoms with van der Waals surface area (Å²) in [6.45, 7) is 3.99. The summed E-state index contributed by atoms with van der Waals surface area (Å²) >= 11 is 7.72. The summed E-state index contributed by atoms with van der Waals surface area (Å²) in [5.74, 6) is 0.276. The van der Waals surface area contributed by atoms with E-state index in [1.165, 1.54) is 30.6 Å². The molecule has 1 aliphatic rings. The van der Waals surface area contributed by atoms with Crippen molar-refractivity contribution in [1.29, 1.82) is 0 Å². The minimum Gasteiger partial charge on any atom is -0.365 e. The maximum atomic E-state index is 12.9. The molecule has 180 valence electrons. The van der Waals surface area contributed by atoms with Gasteiger partial charge in [0.1, 0.15) is 5.00 Å². The van der Waals surface area contributed by atoms with Crippen molar-refractivity contribution in [3.63, 3.8) is 0 Å². The Hall–Kier alpha value is -2.61. The topological polar surface area (TPSA) is 87.5 Å². The van der Waals surface area contributed by atoms with E-state index in [1.807, 2.05) is 24.3 Å². The lowest BCUT2D eigenvalue weighted by atomic mass is 9.85. The van der Waals surface area contributed by atoms with E-state index in [0.29, 0.717) is 21.3 Å². The number of benzene rings is 2. The Labute approximate surface area is 209 Å². The van der Waals surface area contributed by atoms with Gasteiger partial charge in [0.05, 0.1) is 11.3 Å². The Morgan fingerprint density at radius 3 is 2.53 bits per heavy atom. The minimum atomic E-state index is -0.514. The number of urea groups is 1. The molecule has 1 aromatic heterocycles. The van der Waals surface area contributed by atoms with Crippen molar-refractivity contribution in [2.45, 2.75) is 39.0 Å². The highest BCUT2D eigenvalue weighted by Crippen LogP contribution is 2.35. The molecule has 2 aromatic carbocycles. The molecule has 4 rings (SSSR count). The Morgan fingerprint density at radius 1 is 1.15 bits per heavy atom. The van der Waals surface area contributed by atoms with Crippen molar-refractivity contribution < 1.29 is 9.59 Å². The van der Waals surface area contributed by atoms with Gasteiger partial charge < -0.3 is 16.0 Å². The molecule has 1 aliphatic carbocycles. The number of carbonyl (C=O) groups excluding carboxylic acids is 2. The Balaban J connectivity index is 1.51. The van der Waals surface area contributed by atoms with Crippen LogP contribution in [0.5, 0.6) is 0 Å². The van der Waals surface area contributed by atoms with Gasteiger partial charge in [0, 0.05) is 33.8 Å². The molecule has 6 nitrogen and oxygen atoms in total. The number of aryl methyl sites for hydroxylation is 1. The predicted octanol–water partition coefficient (Wildman–Crippen LogP) is 6.13. The molecule has 3 amide bonds. The lowest BCUT2D eigenvalue weighted by Gasteiger charge is -2.30. The second-order valence-electron chi connectivity index (χ2n) is 8.95. The van der Waals surface area contributed by atoms with E-state index in [1.54, 1.807) is 12.1 Å². The molecule has 0 saturated heterocycles. The number of hydrogen-bond donors (Lipinski definition) is 3. The first kappa shape index (κ1) is 24.5. The van der Waals surface area contributed by atoms with Gasteiger partial charge in [-0.05, 0) is 56.3 Å². The fourth-order valence-corrected chi connectivity index (χ4v) is 5.96. The van der Waals surface area contributed by atoms with Crippen molar-refractivity contribution in [3.8, 4) is 0 Å². The second kappa shape index (κ2) is 10.8. The molecule has 0 aliphatic heterocycles. The van der Waals surface area contributed by atoms with Crippen LogP contribution in [0.25, 0.3) is 10.8 Å². The number of halogens is 1. The smallest absolute Gasteiger partial charge is 0.324 e. The van der Waals surface area contributed by atoms with E-state index in [-0.39, 0.29) is 0 Å². The third-order valence-electron chi connectivity index (χ3n) is 6.54. The first-order valence-electron chi connectivity index (χ1n) is 11.8. The SMILES string of the molecule is CCc1sc(NC(=O)Nc2ccc(Cl)c3ccccc23)c(C(N)=O)c1CCN(C)CC1CCC1. The van der Waals surface area contributed by atoms with Crippen LogP contribution in [0.1, 0.15) is 47.0 Å². The summed E-state index contributed by atoms with van der Waals surface area (Å²) in [4.78, 5) is 28.8. The largest absolute Gasteiger partial charge is 0.365 e. The molecule has 0 unspecified atom stereocenters. The molecule has 1 fully saturated rings. The first-order valence-corrected chi connectivity index (χ1v) is 12.9. The predicted molar refractivity (Wildman–Crippen MR) is 142 cm³/mol. The molecule has 0 radical (unpaired) electrons. The van der Waals surface area contributed by atoms with Crippen LogP contribution in [-0.4, -0.2) is 37.0 Å². The van der Waals surface area contributed by atoms with Gasteiger partial charge in [-0.1, -0.05) is 49.2 Å². The van der Waals surface area contributed by atoms with E-state index >= 15 is 0 Å². The van der Waals surface area contributed by atoms with Gasteiger partial charge >= 0.3 is 6.03 Å². The highest BCUT2D eigenvalue weighted by atomic mass is 35.5. The average Bonchev–Trinajstić information content (AvgIpc) is 3.14. The maximum Gasteiger partial charge on any atom is 0.324 e. The number of hydrogen-bond acceptors (Lipinski definition) is 4. The number of nitrogens with one attached hydrogen (secondary N) is 2. The summed E-state index contributed by atoms with van der Waals surface area (Å²) < 4.78 is 0. The number of thiophene rings is 1. The molecule has 1 saturated carbocycles. The van der Waals surface area contributed by atoms with E-state index in [4.69, 9.17) is 17.3 Å². The molecule has 1 heterocycles. The van der Waals surface area contributed by atoms with Crippen LogP contribution < -0.4 is 16.4 Å². The molecule has 3 aromatic rings. The summed E-state index contributed by atoms with van der Waals surface area (Å²) in [6.07, 6.45) is 5.45. The van der Waals surface area contributed by atoms with Gasteiger partial charge in [0.25, 0.3) is 5.91 Å². The Bertz CT molecular complexity index is 1200. The number of amides is 3. The van der Waals surface area contributed by atoms with Crippen molar-refractivity contribution in [3.05, 3.63) is 57.4 Å². The Kier molecular flexibility index (Phi) is 7.76. The zero-order valence-corrected chi connectivity index (χ0v) is 21.2. The third-order valence-corrected chi connectivity index (χ3v) is 8.16. The normalized spacial score (nSPS) is 13.8. The first-order chi connectivity index (χ1) is 16.4. The van der Waals surface area contributed by atoms with E-state index < -0.39 is 11.9 Å². The van der Waals surface area contributed by atoms with Gasteiger partial charge in [-0.25, -0.2) is 4.79 Å². The van der Waals surface area contributed by atoms with Crippen LogP contribution in [-0.2, 0) is 12.8 Å². The second-order valence-corrected chi connectivity index (χ2v) is 10.5. The molecule has 4 N–H and O–H groups in total. The quantitative estimate of drug-likeness (QED) is 0.331. The number of nitrogens with zero attached hydrogens (tertiary/aromatic N) is 1. The van der Waals surface area contributed by atoms with Gasteiger partial charge in [-0.2, -0.15) is 0 Å². The number of likely N-dealkylation sites (N-methyl/N-ethyl adjacent to an activating group) is 1. The average molecular weight is 499 g/mol. The molecule has 0 bridgehead atoms. The zero-order chi connectivity index (χ0) is 24.2. The Morgan fingerprint density at radius 2 is 1.88 bits per heavy atom. The fraction of sp³-hybridized carbons (Fsp3) is 0.385. The number of nitrogens with two attached hydrogens (primary N) is 1. The van der Waals surface area contributed by atoms with Gasteiger partial charge in [-0.3, -0.25) is 10.1 Å². The van der Waals surface area contributed by atoms with Gasteiger partial charge in [-0.15, -0.1) is 11.3 Å². The number of rotatable bonds is 9. The van der Waals surface area contributed by atoms with Gasteiger partial charge in [0.2, 0.25) is 0 Å². The van der Waals surface area contributed by atoms with Gasteiger partial charge in [0.15, 0.2) is 0 Å². The number of fused-ring (bicyclic) bond motifs is 1. The maximum absolute atomic E-state index is 12.9. The molecular formula is C26H31ClN4O2S. The lowest BCUT2D eigenvalue weighted by molar-refractivity contribution is 0.100.